The second kappa shape index (κ2) is 7.26. The van der Waals surface area contributed by atoms with Crippen molar-refractivity contribution in [2.75, 3.05) is 26.2 Å². The topological polar surface area (TPSA) is 15.3 Å². The first-order valence-corrected chi connectivity index (χ1v) is 9.27. The third-order valence-corrected chi connectivity index (χ3v) is 5.99. The monoisotopic (exact) mass is 350 g/mol. The molecule has 1 aromatic carbocycles. The standard InChI is InChI=1S/C18H27BrN2/c1-2-20-18(16-8-3-4-9-17(16)19)10-11-21-12-14-6-5-7-15(14)13-21/h3-4,8-9,14-15,18,20H,2,5-7,10-13H2,1H3. The van der Waals surface area contributed by atoms with Crippen LogP contribution in [0.2, 0.25) is 0 Å². The van der Waals surface area contributed by atoms with E-state index in [1.807, 2.05) is 0 Å². The number of nitrogens with zero attached hydrogens (tertiary/aromatic N) is 1. The molecule has 2 fully saturated rings. The van der Waals surface area contributed by atoms with Gasteiger partial charge in [0, 0.05) is 23.6 Å². The van der Waals surface area contributed by atoms with Crippen LogP contribution in [-0.2, 0) is 0 Å². The van der Waals surface area contributed by atoms with E-state index in [1.54, 1.807) is 0 Å². The van der Waals surface area contributed by atoms with Crippen molar-refractivity contribution in [3.8, 4) is 0 Å². The van der Waals surface area contributed by atoms with E-state index in [1.165, 1.54) is 55.4 Å². The highest BCUT2D eigenvalue weighted by molar-refractivity contribution is 9.10. The number of halogens is 1. The first kappa shape index (κ1) is 15.5. The zero-order chi connectivity index (χ0) is 14.7. The minimum absolute atomic E-state index is 0.464. The zero-order valence-electron chi connectivity index (χ0n) is 13.0. The molecule has 1 aliphatic carbocycles. The molecule has 0 amide bonds. The van der Waals surface area contributed by atoms with Gasteiger partial charge in [0.2, 0.25) is 0 Å². The molecule has 0 spiro atoms. The van der Waals surface area contributed by atoms with Crippen molar-refractivity contribution in [1.29, 1.82) is 0 Å². The summed E-state index contributed by atoms with van der Waals surface area (Å²) in [5.41, 5.74) is 1.40. The molecule has 116 valence electrons. The zero-order valence-corrected chi connectivity index (χ0v) is 14.6. The molecule has 1 saturated carbocycles. The molecule has 0 aromatic heterocycles. The van der Waals surface area contributed by atoms with E-state index in [2.05, 4.69) is 57.3 Å². The van der Waals surface area contributed by atoms with Gasteiger partial charge in [-0.2, -0.15) is 0 Å². The minimum atomic E-state index is 0.464. The molecule has 3 unspecified atom stereocenters. The smallest absolute Gasteiger partial charge is 0.0343 e. The van der Waals surface area contributed by atoms with Gasteiger partial charge in [0.1, 0.15) is 0 Å². The summed E-state index contributed by atoms with van der Waals surface area (Å²) >= 11 is 3.71. The second-order valence-electron chi connectivity index (χ2n) is 6.63. The van der Waals surface area contributed by atoms with E-state index in [4.69, 9.17) is 0 Å². The largest absolute Gasteiger partial charge is 0.310 e. The highest BCUT2D eigenvalue weighted by atomic mass is 79.9. The Bertz CT molecular complexity index is 450. The summed E-state index contributed by atoms with van der Waals surface area (Å²) in [5.74, 6) is 2.01. The summed E-state index contributed by atoms with van der Waals surface area (Å²) in [4.78, 5) is 2.70. The van der Waals surface area contributed by atoms with Crippen molar-refractivity contribution >= 4 is 15.9 Å². The number of hydrogen-bond donors (Lipinski definition) is 1. The highest BCUT2D eigenvalue weighted by Crippen LogP contribution is 2.38. The molecule has 1 N–H and O–H groups in total. The maximum atomic E-state index is 3.71. The van der Waals surface area contributed by atoms with Gasteiger partial charge in [0.15, 0.2) is 0 Å². The third kappa shape index (κ3) is 3.69. The highest BCUT2D eigenvalue weighted by Gasteiger charge is 2.35. The van der Waals surface area contributed by atoms with Crippen molar-refractivity contribution < 1.29 is 0 Å². The van der Waals surface area contributed by atoms with Gasteiger partial charge in [-0.3, -0.25) is 0 Å². The first-order valence-electron chi connectivity index (χ1n) is 8.48. The van der Waals surface area contributed by atoms with Gasteiger partial charge in [0.25, 0.3) is 0 Å². The lowest BCUT2D eigenvalue weighted by Gasteiger charge is -2.23. The molecule has 3 heteroatoms. The number of nitrogens with one attached hydrogen (secondary N) is 1. The van der Waals surface area contributed by atoms with Crippen LogP contribution >= 0.6 is 15.9 Å². The molecule has 0 bridgehead atoms. The Morgan fingerprint density at radius 3 is 2.62 bits per heavy atom. The second-order valence-corrected chi connectivity index (χ2v) is 7.49. The summed E-state index contributed by atoms with van der Waals surface area (Å²) in [6.45, 7) is 7.15. The molecular formula is C18H27BrN2. The lowest BCUT2D eigenvalue weighted by molar-refractivity contribution is 0.289. The maximum absolute atomic E-state index is 3.71. The van der Waals surface area contributed by atoms with Gasteiger partial charge in [-0.15, -0.1) is 0 Å². The van der Waals surface area contributed by atoms with Crippen molar-refractivity contribution in [1.82, 2.24) is 10.2 Å². The molecule has 3 atom stereocenters. The molecule has 1 saturated heterocycles. The molecular weight excluding hydrogens is 324 g/mol. The lowest BCUT2D eigenvalue weighted by Crippen LogP contribution is -2.29. The van der Waals surface area contributed by atoms with Crippen molar-refractivity contribution in [3.63, 3.8) is 0 Å². The summed E-state index contributed by atoms with van der Waals surface area (Å²) in [6, 6.07) is 9.10. The van der Waals surface area contributed by atoms with Gasteiger partial charge in [-0.25, -0.2) is 0 Å². The van der Waals surface area contributed by atoms with Crippen LogP contribution in [0.25, 0.3) is 0 Å². The number of rotatable bonds is 6. The van der Waals surface area contributed by atoms with Crippen molar-refractivity contribution in [3.05, 3.63) is 34.3 Å². The fraction of sp³-hybridized carbons (Fsp3) is 0.667. The number of likely N-dealkylation sites (tertiary alicyclic amines) is 1. The van der Waals surface area contributed by atoms with Crippen LogP contribution in [0.5, 0.6) is 0 Å². The van der Waals surface area contributed by atoms with Crippen molar-refractivity contribution in [2.24, 2.45) is 11.8 Å². The van der Waals surface area contributed by atoms with Gasteiger partial charge in [0.05, 0.1) is 0 Å². The molecule has 1 aromatic rings. The number of fused-ring (bicyclic) bond motifs is 1. The number of benzene rings is 1. The van der Waals surface area contributed by atoms with Gasteiger partial charge in [-0.05, 0) is 55.8 Å². The van der Waals surface area contributed by atoms with E-state index in [0.29, 0.717) is 6.04 Å². The Kier molecular flexibility index (Phi) is 5.36. The Morgan fingerprint density at radius 1 is 1.24 bits per heavy atom. The Morgan fingerprint density at radius 2 is 1.95 bits per heavy atom. The predicted octanol–water partition coefficient (Wildman–Crippen LogP) is 4.22. The SMILES string of the molecule is CCNC(CCN1CC2CCCC2C1)c1ccccc1Br. The Hall–Kier alpha value is -0.380. The molecule has 3 rings (SSSR count). The van der Waals surface area contributed by atoms with E-state index in [9.17, 15) is 0 Å². The first-order chi connectivity index (χ1) is 10.3. The molecule has 1 aliphatic heterocycles. The van der Waals surface area contributed by atoms with Crippen LogP contribution in [0, 0.1) is 11.8 Å². The fourth-order valence-electron chi connectivity index (χ4n) is 4.20. The quantitative estimate of drug-likeness (QED) is 0.825. The van der Waals surface area contributed by atoms with Crippen LogP contribution in [0.1, 0.15) is 44.2 Å². The Labute approximate surface area is 137 Å². The van der Waals surface area contributed by atoms with Crippen LogP contribution in [0.3, 0.4) is 0 Å². The molecule has 21 heavy (non-hydrogen) atoms. The predicted molar refractivity (Wildman–Crippen MR) is 92.4 cm³/mol. The lowest BCUT2D eigenvalue weighted by atomic mass is 10.0. The van der Waals surface area contributed by atoms with Crippen LogP contribution in [-0.4, -0.2) is 31.1 Å². The van der Waals surface area contributed by atoms with E-state index >= 15 is 0 Å². The van der Waals surface area contributed by atoms with Crippen molar-refractivity contribution in [2.45, 2.75) is 38.6 Å². The van der Waals surface area contributed by atoms with Crippen LogP contribution < -0.4 is 5.32 Å². The van der Waals surface area contributed by atoms with Crippen LogP contribution in [0.4, 0.5) is 0 Å². The Balaban J connectivity index is 1.57. The van der Waals surface area contributed by atoms with E-state index in [-0.39, 0.29) is 0 Å². The summed E-state index contributed by atoms with van der Waals surface area (Å²) in [6.07, 6.45) is 5.63. The van der Waals surface area contributed by atoms with E-state index < -0.39 is 0 Å². The molecule has 1 heterocycles. The molecule has 2 nitrogen and oxygen atoms in total. The van der Waals surface area contributed by atoms with Gasteiger partial charge < -0.3 is 10.2 Å². The molecule has 2 aliphatic rings. The van der Waals surface area contributed by atoms with Gasteiger partial charge >= 0.3 is 0 Å². The maximum Gasteiger partial charge on any atom is 0.0343 e. The minimum Gasteiger partial charge on any atom is -0.310 e. The number of hydrogen-bond acceptors (Lipinski definition) is 2. The summed E-state index contributed by atoms with van der Waals surface area (Å²) < 4.78 is 1.23. The van der Waals surface area contributed by atoms with Crippen LogP contribution in [0.15, 0.2) is 28.7 Å². The average Bonchev–Trinajstić information content (AvgIpc) is 3.05. The normalized spacial score (nSPS) is 27.0. The summed E-state index contributed by atoms with van der Waals surface area (Å²) in [5, 5.41) is 3.66. The molecule has 0 radical (unpaired) electrons. The third-order valence-electron chi connectivity index (χ3n) is 5.27. The fourth-order valence-corrected chi connectivity index (χ4v) is 4.76. The summed E-state index contributed by atoms with van der Waals surface area (Å²) in [7, 11) is 0. The van der Waals surface area contributed by atoms with E-state index in [0.717, 1.165) is 18.4 Å². The average molecular weight is 351 g/mol. The van der Waals surface area contributed by atoms with Gasteiger partial charge in [-0.1, -0.05) is 47.5 Å².